The summed E-state index contributed by atoms with van der Waals surface area (Å²) in [7, 11) is 1.72. The molecule has 14 heavy (non-hydrogen) atoms. The predicted molar refractivity (Wildman–Crippen MR) is 64.9 cm³/mol. The lowest BCUT2D eigenvalue weighted by atomic mass is 10.2. The second-order valence-electron chi connectivity index (χ2n) is 3.08. The Hall–Kier alpha value is -0.670. The maximum atomic E-state index is 5.34. The molecule has 74 valence electrons. The van der Waals surface area contributed by atoms with E-state index in [1.807, 2.05) is 17.4 Å². The van der Waals surface area contributed by atoms with Crippen molar-refractivity contribution in [3.8, 4) is 5.75 Å². The third kappa shape index (κ3) is 1.51. The maximum absolute atomic E-state index is 5.34. The minimum atomic E-state index is 0.979. The van der Waals surface area contributed by atoms with Gasteiger partial charge in [-0.15, -0.1) is 23.1 Å². The Morgan fingerprint density at radius 2 is 2.14 bits per heavy atom. The van der Waals surface area contributed by atoms with Gasteiger partial charge < -0.3 is 4.74 Å². The van der Waals surface area contributed by atoms with Crippen LogP contribution in [-0.4, -0.2) is 13.4 Å². The molecule has 2 aromatic rings. The molecular formula is C11H12OS2. The minimum absolute atomic E-state index is 0.979. The number of benzene rings is 1. The van der Waals surface area contributed by atoms with Gasteiger partial charge in [-0.1, -0.05) is 0 Å². The van der Waals surface area contributed by atoms with Gasteiger partial charge in [0.15, 0.2) is 0 Å². The molecule has 0 aliphatic heterocycles. The van der Waals surface area contributed by atoms with Crippen molar-refractivity contribution in [1.29, 1.82) is 0 Å². The lowest BCUT2D eigenvalue weighted by Crippen LogP contribution is -1.84. The van der Waals surface area contributed by atoms with Crippen LogP contribution >= 0.6 is 23.1 Å². The van der Waals surface area contributed by atoms with Gasteiger partial charge in [0.1, 0.15) is 5.75 Å². The number of fused-ring (bicyclic) bond motifs is 1. The molecule has 0 bridgehead atoms. The highest BCUT2D eigenvalue weighted by molar-refractivity contribution is 7.99. The van der Waals surface area contributed by atoms with Crippen molar-refractivity contribution in [3.63, 3.8) is 0 Å². The summed E-state index contributed by atoms with van der Waals surface area (Å²) in [5.74, 6) is 0.979. The fraction of sp³-hybridized carbons (Fsp3) is 0.273. The van der Waals surface area contributed by atoms with E-state index in [0.717, 1.165) is 5.75 Å². The van der Waals surface area contributed by atoms with Crippen LogP contribution in [0.25, 0.3) is 10.1 Å². The van der Waals surface area contributed by atoms with Crippen molar-refractivity contribution < 1.29 is 4.74 Å². The van der Waals surface area contributed by atoms with Gasteiger partial charge in [-0.3, -0.25) is 0 Å². The Morgan fingerprint density at radius 3 is 2.79 bits per heavy atom. The first kappa shape index (κ1) is 9.87. The molecule has 0 N–H and O–H groups in total. The summed E-state index contributed by atoms with van der Waals surface area (Å²) in [6.45, 7) is 2.14. The van der Waals surface area contributed by atoms with Crippen LogP contribution in [0.4, 0.5) is 0 Å². The van der Waals surface area contributed by atoms with Crippen LogP contribution in [-0.2, 0) is 0 Å². The summed E-state index contributed by atoms with van der Waals surface area (Å²) >= 11 is 3.58. The van der Waals surface area contributed by atoms with Gasteiger partial charge in [0.25, 0.3) is 0 Å². The zero-order valence-corrected chi connectivity index (χ0v) is 10.1. The van der Waals surface area contributed by atoms with Gasteiger partial charge >= 0.3 is 0 Å². The van der Waals surface area contributed by atoms with Crippen LogP contribution in [0.2, 0.25) is 0 Å². The van der Waals surface area contributed by atoms with E-state index in [2.05, 4.69) is 25.3 Å². The molecule has 1 aromatic heterocycles. The Balaban J connectivity index is 2.75. The summed E-state index contributed by atoms with van der Waals surface area (Å²) in [6.07, 6.45) is 2.09. The largest absolute Gasteiger partial charge is 0.496 e. The Morgan fingerprint density at radius 1 is 1.36 bits per heavy atom. The zero-order chi connectivity index (χ0) is 10.1. The molecule has 0 aliphatic carbocycles. The molecular weight excluding hydrogens is 212 g/mol. The predicted octanol–water partition coefficient (Wildman–Crippen LogP) is 3.94. The molecule has 0 fully saturated rings. The third-order valence-electron chi connectivity index (χ3n) is 2.15. The van der Waals surface area contributed by atoms with Crippen molar-refractivity contribution in [1.82, 2.24) is 0 Å². The van der Waals surface area contributed by atoms with Crippen molar-refractivity contribution in [2.45, 2.75) is 11.8 Å². The van der Waals surface area contributed by atoms with E-state index in [1.165, 1.54) is 19.9 Å². The number of methoxy groups -OCH3 is 1. The van der Waals surface area contributed by atoms with Crippen LogP contribution in [0.15, 0.2) is 23.1 Å². The van der Waals surface area contributed by atoms with Gasteiger partial charge in [-0.05, 0) is 36.8 Å². The molecule has 0 amide bonds. The standard InChI is InChI=1S/C11H12OS2/c1-7-6-8-4-5-9(12-2)11(13-3)10(8)14-7/h4-6H,1-3H3. The fourth-order valence-electron chi connectivity index (χ4n) is 1.54. The number of ether oxygens (including phenoxy) is 1. The van der Waals surface area contributed by atoms with Gasteiger partial charge in [0, 0.05) is 4.88 Å². The van der Waals surface area contributed by atoms with Crippen LogP contribution in [0.3, 0.4) is 0 Å². The van der Waals surface area contributed by atoms with Crippen molar-refractivity contribution >= 4 is 33.2 Å². The first-order chi connectivity index (χ1) is 6.76. The third-order valence-corrected chi connectivity index (χ3v) is 4.18. The first-order valence-corrected chi connectivity index (χ1v) is 6.41. The molecule has 1 nitrogen and oxygen atoms in total. The summed E-state index contributed by atoms with van der Waals surface area (Å²) in [4.78, 5) is 2.60. The summed E-state index contributed by atoms with van der Waals surface area (Å²) < 4.78 is 6.68. The average Bonchev–Trinajstić information content (AvgIpc) is 2.56. The molecule has 0 atom stereocenters. The molecule has 0 spiro atoms. The highest BCUT2D eigenvalue weighted by Gasteiger charge is 2.09. The normalized spacial score (nSPS) is 10.8. The maximum Gasteiger partial charge on any atom is 0.133 e. The molecule has 1 heterocycles. The van der Waals surface area contributed by atoms with Crippen LogP contribution < -0.4 is 4.74 Å². The van der Waals surface area contributed by atoms with E-state index >= 15 is 0 Å². The van der Waals surface area contributed by atoms with Gasteiger partial charge in [0.05, 0.1) is 16.7 Å². The Bertz CT molecular complexity index is 460. The molecule has 0 radical (unpaired) electrons. The van der Waals surface area contributed by atoms with E-state index in [4.69, 9.17) is 4.74 Å². The summed E-state index contributed by atoms with van der Waals surface area (Å²) in [6, 6.07) is 6.39. The summed E-state index contributed by atoms with van der Waals surface area (Å²) in [5.41, 5.74) is 0. The Labute approximate surface area is 92.1 Å². The topological polar surface area (TPSA) is 9.23 Å². The lowest BCUT2D eigenvalue weighted by molar-refractivity contribution is 0.406. The number of aryl methyl sites for hydroxylation is 1. The number of thioether (sulfide) groups is 1. The van der Waals surface area contributed by atoms with E-state index < -0.39 is 0 Å². The van der Waals surface area contributed by atoms with E-state index in [9.17, 15) is 0 Å². The van der Waals surface area contributed by atoms with Crippen molar-refractivity contribution in [3.05, 3.63) is 23.1 Å². The van der Waals surface area contributed by atoms with Crippen molar-refractivity contribution in [2.24, 2.45) is 0 Å². The number of thiophene rings is 1. The number of hydrogen-bond acceptors (Lipinski definition) is 3. The molecule has 2 rings (SSSR count). The molecule has 1 aromatic carbocycles. The average molecular weight is 224 g/mol. The van der Waals surface area contributed by atoms with E-state index in [0.29, 0.717) is 0 Å². The smallest absolute Gasteiger partial charge is 0.133 e. The van der Waals surface area contributed by atoms with Crippen LogP contribution in [0.1, 0.15) is 4.88 Å². The quantitative estimate of drug-likeness (QED) is 0.715. The second kappa shape index (κ2) is 3.83. The van der Waals surface area contributed by atoms with Gasteiger partial charge in [0.2, 0.25) is 0 Å². The molecule has 0 saturated heterocycles. The Kier molecular flexibility index (Phi) is 2.70. The van der Waals surface area contributed by atoms with Gasteiger partial charge in [-0.25, -0.2) is 0 Å². The SMILES string of the molecule is COc1ccc2cc(C)sc2c1SC. The molecule has 0 unspecified atom stereocenters. The second-order valence-corrected chi connectivity index (χ2v) is 5.15. The monoisotopic (exact) mass is 224 g/mol. The lowest BCUT2D eigenvalue weighted by Gasteiger charge is -2.06. The molecule has 3 heteroatoms. The van der Waals surface area contributed by atoms with E-state index in [-0.39, 0.29) is 0 Å². The van der Waals surface area contributed by atoms with Crippen LogP contribution in [0, 0.1) is 6.92 Å². The van der Waals surface area contributed by atoms with Crippen LogP contribution in [0.5, 0.6) is 5.75 Å². The highest BCUT2D eigenvalue weighted by Crippen LogP contribution is 2.39. The van der Waals surface area contributed by atoms with E-state index in [1.54, 1.807) is 18.9 Å². The molecule has 0 saturated carbocycles. The number of rotatable bonds is 2. The van der Waals surface area contributed by atoms with Crippen molar-refractivity contribution in [2.75, 3.05) is 13.4 Å². The van der Waals surface area contributed by atoms with Gasteiger partial charge in [-0.2, -0.15) is 0 Å². The highest BCUT2D eigenvalue weighted by atomic mass is 32.2. The first-order valence-electron chi connectivity index (χ1n) is 4.37. The molecule has 0 aliphatic rings. The number of hydrogen-bond donors (Lipinski definition) is 0. The fourth-order valence-corrected chi connectivity index (χ4v) is 3.52. The zero-order valence-electron chi connectivity index (χ0n) is 8.46. The minimum Gasteiger partial charge on any atom is -0.496 e. The summed E-state index contributed by atoms with van der Waals surface area (Å²) in [5, 5.41) is 1.32.